The van der Waals surface area contributed by atoms with Crippen LogP contribution in [0, 0.1) is 0 Å². The molecule has 0 atom stereocenters. The van der Waals surface area contributed by atoms with Crippen molar-refractivity contribution in [2.75, 3.05) is 14.2 Å². The first-order valence-electron chi connectivity index (χ1n) is 7.14. The van der Waals surface area contributed by atoms with Gasteiger partial charge in [-0.05, 0) is 44.6 Å². The van der Waals surface area contributed by atoms with Crippen molar-refractivity contribution in [3.63, 3.8) is 0 Å². The highest BCUT2D eigenvalue weighted by Gasteiger charge is 2.23. The largest absolute Gasteiger partial charge is 0.493 e. The maximum absolute atomic E-state index is 12.7. The number of benzene rings is 2. The van der Waals surface area contributed by atoms with Crippen LogP contribution in [-0.4, -0.2) is 42.8 Å². The van der Waals surface area contributed by atoms with Crippen molar-refractivity contribution in [3.05, 3.63) is 47.2 Å². The lowest BCUT2D eigenvalue weighted by atomic mass is 10.3. The molecule has 0 aliphatic heterocycles. The fourth-order valence-corrected chi connectivity index (χ4v) is 4.07. The highest BCUT2D eigenvalue weighted by molar-refractivity contribution is 9.10. The molecule has 136 valence electrons. The van der Waals surface area contributed by atoms with E-state index in [0.29, 0.717) is 11.4 Å². The Kier molecular flexibility index (Phi) is 5.09. The second-order valence-corrected chi connectivity index (χ2v) is 7.30. The van der Waals surface area contributed by atoms with Crippen LogP contribution in [0.2, 0.25) is 0 Å². The molecule has 0 aliphatic carbocycles. The van der Waals surface area contributed by atoms with E-state index in [1.807, 2.05) is 0 Å². The van der Waals surface area contributed by atoms with Gasteiger partial charge < -0.3 is 13.7 Å². The molecule has 0 bridgehead atoms. The number of methoxy groups -OCH3 is 2. The van der Waals surface area contributed by atoms with Gasteiger partial charge in [-0.25, -0.2) is 4.68 Å². The number of nitrogens with zero attached hydrogens (tertiary/aromatic N) is 4. The summed E-state index contributed by atoms with van der Waals surface area (Å²) in [7, 11) is -1.26. The smallest absolute Gasteiger partial charge is 0.340 e. The third kappa shape index (κ3) is 3.63. The molecule has 0 amide bonds. The SMILES string of the molecule is COc1cc(Br)c(S(=O)(=O)Oc2cccc(-n3cnnn3)c2)cc1OC. The van der Waals surface area contributed by atoms with Crippen LogP contribution in [0.15, 0.2) is 52.1 Å². The van der Waals surface area contributed by atoms with Crippen molar-refractivity contribution < 1.29 is 22.1 Å². The molecule has 9 nitrogen and oxygen atoms in total. The van der Waals surface area contributed by atoms with Crippen LogP contribution >= 0.6 is 15.9 Å². The third-order valence-corrected chi connectivity index (χ3v) is 5.55. The van der Waals surface area contributed by atoms with Crippen LogP contribution in [0.5, 0.6) is 17.2 Å². The second-order valence-electron chi connectivity index (χ2n) is 4.93. The molecule has 1 aromatic heterocycles. The predicted octanol–water partition coefficient (Wildman–Crippen LogP) is 2.21. The van der Waals surface area contributed by atoms with Crippen LogP contribution in [-0.2, 0) is 10.1 Å². The predicted molar refractivity (Wildman–Crippen MR) is 94.2 cm³/mol. The van der Waals surface area contributed by atoms with Crippen LogP contribution in [0.3, 0.4) is 0 Å². The lowest BCUT2D eigenvalue weighted by Crippen LogP contribution is -2.11. The first kappa shape index (κ1) is 18.1. The Morgan fingerprint density at radius 2 is 1.81 bits per heavy atom. The summed E-state index contributed by atoms with van der Waals surface area (Å²) in [5, 5.41) is 10.8. The quantitative estimate of drug-likeness (QED) is 0.537. The van der Waals surface area contributed by atoms with E-state index < -0.39 is 10.1 Å². The Morgan fingerprint density at radius 3 is 2.46 bits per heavy atom. The number of rotatable bonds is 6. The molecule has 0 aliphatic rings. The third-order valence-electron chi connectivity index (χ3n) is 3.34. The number of ether oxygens (including phenoxy) is 2. The molecule has 3 aromatic rings. The molecule has 0 saturated heterocycles. The van der Waals surface area contributed by atoms with Crippen LogP contribution in [0.1, 0.15) is 0 Å². The number of hydrogen-bond donors (Lipinski definition) is 0. The van der Waals surface area contributed by atoms with Crippen molar-refractivity contribution in [2.24, 2.45) is 0 Å². The molecule has 2 aromatic carbocycles. The summed E-state index contributed by atoms with van der Waals surface area (Å²) in [4.78, 5) is -0.0945. The highest BCUT2D eigenvalue weighted by atomic mass is 79.9. The van der Waals surface area contributed by atoms with E-state index in [2.05, 4.69) is 31.5 Å². The summed E-state index contributed by atoms with van der Waals surface area (Å²) in [6.07, 6.45) is 1.39. The zero-order valence-corrected chi connectivity index (χ0v) is 16.1. The zero-order chi connectivity index (χ0) is 18.7. The molecule has 0 spiro atoms. The molecule has 26 heavy (non-hydrogen) atoms. The standard InChI is InChI=1S/C15H13BrN4O5S/c1-23-13-7-12(16)15(8-14(13)24-2)26(21,22)25-11-5-3-4-10(6-11)20-9-17-18-19-20/h3-9H,1-2H3. The first-order chi connectivity index (χ1) is 12.4. The normalized spacial score (nSPS) is 11.2. The van der Waals surface area contributed by atoms with Gasteiger partial charge in [0.1, 0.15) is 17.0 Å². The molecular weight excluding hydrogens is 428 g/mol. The minimum atomic E-state index is -4.13. The molecule has 1 heterocycles. The summed E-state index contributed by atoms with van der Waals surface area (Å²) < 4.78 is 42.6. The Morgan fingerprint density at radius 1 is 1.08 bits per heavy atom. The highest BCUT2D eigenvalue weighted by Crippen LogP contribution is 2.36. The van der Waals surface area contributed by atoms with E-state index in [1.54, 1.807) is 12.1 Å². The second kappa shape index (κ2) is 7.30. The van der Waals surface area contributed by atoms with E-state index >= 15 is 0 Å². The Hall–Kier alpha value is -2.66. The maximum Gasteiger partial charge on any atom is 0.340 e. The van der Waals surface area contributed by atoms with E-state index in [0.717, 1.165) is 0 Å². The molecule has 0 radical (unpaired) electrons. The molecule has 3 rings (SSSR count). The van der Waals surface area contributed by atoms with E-state index in [9.17, 15) is 8.42 Å². The van der Waals surface area contributed by atoms with Gasteiger partial charge in [-0.3, -0.25) is 0 Å². The van der Waals surface area contributed by atoms with E-state index in [4.69, 9.17) is 13.7 Å². The van der Waals surface area contributed by atoms with Crippen molar-refractivity contribution in [1.82, 2.24) is 20.2 Å². The summed E-state index contributed by atoms with van der Waals surface area (Å²) >= 11 is 3.22. The molecule has 0 fully saturated rings. The van der Waals surface area contributed by atoms with Gasteiger partial charge in [0.2, 0.25) is 0 Å². The van der Waals surface area contributed by atoms with E-state index in [1.165, 1.54) is 49.5 Å². The zero-order valence-electron chi connectivity index (χ0n) is 13.7. The van der Waals surface area contributed by atoms with Gasteiger partial charge in [0.05, 0.1) is 19.9 Å². The van der Waals surface area contributed by atoms with Crippen molar-refractivity contribution >= 4 is 26.0 Å². The van der Waals surface area contributed by atoms with Gasteiger partial charge in [0.25, 0.3) is 0 Å². The molecule has 0 saturated carbocycles. The summed E-state index contributed by atoms with van der Waals surface area (Å²) in [5.74, 6) is 0.763. The van der Waals surface area contributed by atoms with Gasteiger partial charge in [0.15, 0.2) is 11.5 Å². The fraction of sp³-hybridized carbons (Fsp3) is 0.133. The van der Waals surface area contributed by atoms with Crippen molar-refractivity contribution in [3.8, 4) is 22.9 Å². The lowest BCUT2D eigenvalue weighted by molar-refractivity contribution is 0.353. The number of hydrogen-bond acceptors (Lipinski definition) is 8. The fourth-order valence-electron chi connectivity index (χ4n) is 2.16. The Labute approximate surface area is 157 Å². The van der Waals surface area contributed by atoms with Crippen LogP contribution < -0.4 is 13.7 Å². The maximum atomic E-state index is 12.7. The average molecular weight is 441 g/mol. The van der Waals surface area contributed by atoms with Gasteiger partial charge >= 0.3 is 10.1 Å². The summed E-state index contributed by atoms with van der Waals surface area (Å²) in [5.41, 5.74) is 0.550. The number of aromatic nitrogens is 4. The Bertz CT molecular complexity index is 1020. The van der Waals surface area contributed by atoms with Gasteiger partial charge in [0, 0.05) is 16.6 Å². The molecule has 11 heteroatoms. The van der Waals surface area contributed by atoms with Crippen molar-refractivity contribution in [1.29, 1.82) is 0 Å². The Balaban J connectivity index is 1.96. The monoisotopic (exact) mass is 440 g/mol. The topological polar surface area (TPSA) is 105 Å². The number of halogens is 1. The van der Waals surface area contributed by atoms with E-state index in [-0.39, 0.29) is 20.9 Å². The number of tetrazole rings is 1. The minimum Gasteiger partial charge on any atom is -0.493 e. The first-order valence-corrected chi connectivity index (χ1v) is 9.34. The van der Waals surface area contributed by atoms with Crippen LogP contribution in [0.25, 0.3) is 5.69 Å². The molecule has 0 N–H and O–H groups in total. The molecule has 0 unspecified atom stereocenters. The van der Waals surface area contributed by atoms with Gasteiger partial charge in [-0.2, -0.15) is 8.42 Å². The van der Waals surface area contributed by atoms with Gasteiger partial charge in [-0.1, -0.05) is 6.07 Å². The average Bonchev–Trinajstić information content (AvgIpc) is 3.15. The van der Waals surface area contributed by atoms with Crippen LogP contribution in [0.4, 0.5) is 0 Å². The van der Waals surface area contributed by atoms with Crippen molar-refractivity contribution in [2.45, 2.75) is 4.90 Å². The minimum absolute atomic E-state index is 0.0945. The molecular formula is C15H13BrN4O5S. The summed E-state index contributed by atoms with van der Waals surface area (Å²) in [6, 6.07) is 9.17. The lowest BCUT2D eigenvalue weighted by Gasteiger charge is -2.13. The summed E-state index contributed by atoms with van der Waals surface area (Å²) in [6.45, 7) is 0. The van der Waals surface area contributed by atoms with Gasteiger partial charge in [-0.15, -0.1) is 5.10 Å².